The molecule has 3 aromatic rings. The van der Waals surface area contributed by atoms with Crippen molar-refractivity contribution in [2.75, 3.05) is 11.1 Å². The molecular weight excluding hydrogens is 384 g/mol. The van der Waals surface area contributed by atoms with Crippen LogP contribution in [0.5, 0.6) is 0 Å². The highest BCUT2D eigenvalue weighted by Crippen LogP contribution is 2.28. The molecule has 5 nitrogen and oxygen atoms in total. The number of carbonyl (C=O) groups is 1. The lowest BCUT2D eigenvalue weighted by Gasteiger charge is -2.01. The monoisotopic (exact) mass is 398 g/mol. The van der Waals surface area contributed by atoms with Crippen LogP contribution in [0.1, 0.15) is 11.1 Å². The molecule has 0 bridgehead atoms. The summed E-state index contributed by atoms with van der Waals surface area (Å²) < 4.78 is 0.776. The number of aromatic nitrogens is 2. The summed E-state index contributed by atoms with van der Waals surface area (Å²) in [5, 5.41) is 20.3. The van der Waals surface area contributed by atoms with Crippen LogP contribution in [0, 0.1) is 11.3 Å². The van der Waals surface area contributed by atoms with E-state index in [2.05, 4.69) is 21.6 Å². The van der Waals surface area contributed by atoms with E-state index in [1.807, 2.05) is 48.5 Å². The first-order chi connectivity index (χ1) is 12.7. The quantitative estimate of drug-likeness (QED) is 0.468. The molecule has 0 aliphatic carbocycles. The summed E-state index contributed by atoms with van der Waals surface area (Å²) in [7, 11) is 0. The van der Waals surface area contributed by atoms with Gasteiger partial charge in [-0.1, -0.05) is 53.4 Å². The number of hydrogen-bond acceptors (Lipinski definition) is 7. The SMILES string of the molecule is N#Cc1cccc(CSc2nnc(NC(=O)CSc3ccccc3)s2)c1. The molecule has 1 aromatic heterocycles. The van der Waals surface area contributed by atoms with Crippen molar-refractivity contribution in [1.82, 2.24) is 10.2 Å². The van der Waals surface area contributed by atoms with Crippen LogP contribution in [-0.4, -0.2) is 21.9 Å². The van der Waals surface area contributed by atoms with E-state index in [0.717, 1.165) is 14.8 Å². The van der Waals surface area contributed by atoms with E-state index >= 15 is 0 Å². The Hall–Kier alpha value is -2.34. The van der Waals surface area contributed by atoms with E-state index in [0.29, 0.717) is 22.2 Å². The highest BCUT2D eigenvalue weighted by Gasteiger charge is 2.09. The minimum Gasteiger partial charge on any atom is -0.300 e. The number of anilines is 1. The lowest BCUT2D eigenvalue weighted by Crippen LogP contribution is -2.13. The molecule has 3 rings (SSSR count). The number of nitrogens with one attached hydrogen (secondary N) is 1. The van der Waals surface area contributed by atoms with Crippen molar-refractivity contribution in [3.8, 4) is 6.07 Å². The number of amides is 1. The van der Waals surface area contributed by atoms with Crippen LogP contribution in [0.15, 0.2) is 63.8 Å². The molecule has 2 aromatic carbocycles. The van der Waals surface area contributed by atoms with Crippen molar-refractivity contribution in [2.45, 2.75) is 15.0 Å². The second-order valence-electron chi connectivity index (χ2n) is 5.12. The summed E-state index contributed by atoms with van der Waals surface area (Å²) in [6, 6.07) is 19.4. The van der Waals surface area contributed by atoms with Gasteiger partial charge in [-0.15, -0.1) is 22.0 Å². The molecule has 0 fully saturated rings. The number of thioether (sulfide) groups is 2. The van der Waals surface area contributed by atoms with Crippen molar-refractivity contribution in [3.05, 3.63) is 65.7 Å². The van der Waals surface area contributed by atoms with E-state index in [1.165, 1.54) is 34.9 Å². The highest BCUT2D eigenvalue weighted by atomic mass is 32.2. The first-order valence-corrected chi connectivity index (χ1v) is 10.4. The maximum atomic E-state index is 12.0. The molecule has 0 saturated carbocycles. The fourth-order valence-electron chi connectivity index (χ4n) is 2.02. The molecule has 26 heavy (non-hydrogen) atoms. The molecule has 1 N–H and O–H groups in total. The maximum absolute atomic E-state index is 12.0. The molecule has 0 aliphatic heterocycles. The van der Waals surface area contributed by atoms with Crippen LogP contribution in [0.25, 0.3) is 0 Å². The van der Waals surface area contributed by atoms with Gasteiger partial charge in [0, 0.05) is 10.6 Å². The van der Waals surface area contributed by atoms with E-state index in [-0.39, 0.29) is 5.91 Å². The van der Waals surface area contributed by atoms with E-state index in [1.54, 1.807) is 6.07 Å². The van der Waals surface area contributed by atoms with E-state index in [4.69, 9.17) is 5.26 Å². The summed E-state index contributed by atoms with van der Waals surface area (Å²) in [6.07, 6.45) is 0. The van der Waals surface area contributed by atoms with Gasteiger partial charge in [0.15, 0.2) is 4.34 Å². The van der Waals surface area contributed by atoms with Crippen molar-refractivity contribution < 1.29 is 4.79 Å². The third-order valence-corrected chi connectivity index (χ3v) is 6.24. The minimum atomic E-state index is -0.103. The van der Waals surface area contributed by atoms with Crippen LogP contribution in [0.4, 0.5) is 5.13 Å². The fraction of sp³-hybridized carbons (Fsp3) is 0.111. The predicted molar refractivity (Wildman–Crippen MR) is 106 cm³/mol. The number of nitriles is 1. The summed E-state index contributed by atoms with van der Waals surface area (Å²) in [4.78, 5) is 13.1. The molecule has 0 spiro atoms. The zero-order valence-electron chi connectivity index (χ0n) is 13.6. The minimum absolute atomic E-state index is 0.103. The number of hydrogen-bond donors (Lipinski definition) is 1. The molecular formula is C18H14N4OS3. The average Bonchev–Trinajstić information content (AvgIpc) is 3.13. The molecule has 0 aliphatic rings. The molecule has 0 saturated heterocycles. The molecule has 0 radical (unpaired) electrons. The normalized spacial score (nSPS) is 10.3. The predicted octanol–water partition coefficient (Wildman–Crippen LogP) is 4.43. The van der Waals surface area contributed by atoms with Gasteiger partial charge in [-0.3, -0.25) is 10.1 Å². The number of carbonyl (C=O) groups excluding carboxylic acids is 1. The fourth-order valence-corrected chi connectivity index (χ4v) is 4.45. The standard InChI is InChI=1S/C18H14N4OS3/c19-10-13-5-4-6-14(9-13)11-25-18-22-21-17(26-18)20-16(23)12-24-15-7-2-1-3-8-15/h1-9H,11-12H2,(H,20,21,23). The lowest BCUT2D eigenvalue weighted by atomic mass is 10.2. The average molecular weight is 399 g/mol. The second-order valence-corrected chi connectivity index (χ2v) is 8.37. The van der Waals surface area contributed by atoms with Crippen LogP contribution in [0.3, 0.4) is 0 Å². The maximum Gasteiger partial charge on any atom is 0.236 e. The molecule has 1 heterocycles. The molecule has 0 atom stereocenters. The van der Waals surface area contributed by atoms with Crippen LogP contribution in [0.2, 0.25) is 0 Å². The van der Waals surface area contributed by atoms with Crippen LogP contribution < -0.4 is 5.32 Å². The Kier molecular flexibility index (Phi) is 6.66. The molecule has 1 amide bonds. The molecule has 8 heteroatoms. The Labute approximate surface area is 163 Å². The van der Waals surface area contributed by atoms with Crippen molar-refractivity contribution in [1.29, 1.82) is 5.26 Å². The third kappa shape index (κ3) is 5.59. The summed E-state index contributed by atoms with van der Waals surface area (Å²) in [5.74, 6) is 0.919. The van der Waals surface area contributed by atoms with Gasteiger partial charge >= 0.3 is 0 Å². The van der Waals surface area contributed by atoms with Gasteiger partial charge in [-0.2, -0.15) is 5.26 Å². The van der Waals surface area contributed by atoms with Gasteiger partial charge < -0.3 is 0 Å². The van der Waals surface area contributed by atoms with E-state index in [9.17, 15) is 4.79 Å². The van der Waals surface area contributed by atoms with Gasteiger partial charge in [-0.05, 0) is 29.8 Å². The molecule has 130 valence electrons. The summed E-state index contributed by atoms with van der Waals surface area (Å²) >= 11 is 4.35. The van der Waals surface area contributed by atoms with Crippen molar-refractivity contribution >= 4 is 45.9 Å². The second kappa shape index (κ2) is 9.38. The van der Waals surface area contributed by atoms with Gasteiger partial charge in [0.05, 0.1) is 17.4 Å². The van der Waals surface area contributed by atoms with Crippen molar-refractivity contribution in [3.63, 3.8) is 0 Å². The Balaban J connectivity index is 1.48. The van der Waals surface area contributed by atoms with Gasteiger partial charge in [0.25, 0.3) is 0 Å². The Morgan fingerprint density at radius 1 is 1.12 bits per heavy atom. The number of benzene rings is 2. The zero-order valence-corrected chi connectivity index (χ0v) is 16.0. The Morgan fingerprint density at radius 2 is 1.96 bits per heavy atom. The number of rotatable bonds is 7. The van der Waals surface area contributed by atoms with Gasteiger partial charge in [0.2, 0.25) is 11.0 Å². The summed E-state index contributed by atoms with van der Waals surface area (Å²) in [5.41, 5.74) is 1.69. The zero-order chi connectivity index (χ0) is 18.2. The Morgan fingerprint density at radius 3 is 2.77 bits per heavy atom. The van der Waals surface area contributed by atoms with E-state index < -0.39 is 0 Å². The molecule has 0 unspecified atom stereocenters. The topological polar surface area (TPSA) is 78.7 Å². The van der Waals surface area contributed by atoms with Gasteiger partial charge in [-0.25, -0.2) is 0 Å². The first-order valence-electron chi connectivity index (χ1n) is 7.66. The van der Waals surface area contributed by atoms with Gasteiger partial charge in [0.1, 0.15) is 0 Å². The smallest absolute Gasteiger partial charge is 0.236 e. The van der Waals surface area contributed by atoms with Crippen LogP contribution in [-0.2, 0) is 10.5 Å². The van der Waals surface area contributed by atoms with Crippen molar-refractivity contribution in [2.24, 2.45) is 0 Å². The van der Waals surface area contributed by atoms with Crippen LogP contribution >= 0.6 is 34.9 Å². The largest absolute Gasteiger partial charge is 0.300 e. The lowest BCUT2D eigenvalue weighted by molar-refractivity contribution is -0.113. The summed E-state index contributed by atoms with van der Waals surface area (Å²) in [6.45, 7) is 0. The third-order valence-electron chi connectivity index (χ3n) is 3.18. The first kappa shape index (κ1) is 18.5. The number of nitrogens with zero attached hydrogens (tertiary/aromatic N) is 3. The Bertz CT molecular complexity index is 921. The highest BCUT2D eigenvalue weighted by molar-refractivity contribution is 8.00.